The van der Waals surface area contributed by atoms with Crippen LogP contribution in [-0.4, -0.2) is 34.3 Å². The van der Waals surface area contributed by atoms with E-state index in [-0.39, 0.29) is 18.5 Å². The molecule has 0 N–H and O–H groups in total. The third-order valence-corrected chi connectivity index (χ3v) is 3.89. The maximum Gasteiger partial charge on any atom is 0.410 e. The summed E-state index contributed by atoms with van der Waals surface area (Å²) >= 11 is 0. The molecule has 7 heteroatoms. The fourth-order valence-corrected chi connectivity index (χ4v) is 2.86. The molecule has 0 spiro atoms. The molecule has 2 heterocycles. The van der Waals surface area contributed by atoms with Gasteiger partial charge in [0.25, 0.3) is 0 Å². The summed E-state index contributed by atoms with van der Waals surface area (Å²) in [6.45, 7) is 8.47. The highest BCUT2D eigenvalue weighted by molar-refractivity contribution is 5.88. The highest BCUT2D eigenvalue weighted by atomic mass is 16.6. The molecule has 0 saturated carbocycles. The van der Waals surface area contributed by atoms with Gasteiger partial charge in [-0.05, 0) is 39.3 Å². The molecule has 0 saturated heterocycles. The maximum atomic E-state index is 12.3. The van der Waals surface area contributed by atoms with Crippen molar-refractivity contribution < 1.29 is 23.6 Å². The third-order valence-electron chi connectivity index (χ3n) is 3.89. The Balaban J connectivity index is 1.82. The van der Waals surface area contributed by atoms with Gasteiger partial charge in [-0.25, -0.2) is 4.79 Å². The minimum atomic E-state index is -0.541. The summed E-state index contributed by atoms with van der Waals surface area (Å²) in [5.74, 6) is -0.339. The first-order valence-electron chi connectivity index (χ1n) is 8.31. The number of amides is 1. The molecule has 0 radical (unpaired) electrons. The van der Waals surface area contributed by atoms with E-state index in [1.54, 1.807) is 11.8 Å². The van der Waals surface area contributed by atoms with Gasteiger partial charge in [-0.1, -0.05) is 11.2 Å². The highest BCUT2D eigenvalue weighted by Crippen LogP contribution is 2.32. The lowest BCUT2D eigenvalue weighted by molar-refractivity contribution is -0.142. The van der Waals surface area contributed by atoms with Crippen molar-refractivity contribution >= 4 is 23.0 Å². The number of ether oxygens (including phenoxy) is 2. The van der Waals surface area contributed by atoms with Crippen LogP contribution < -0.4 is 0 Å². The molecule has 0 bridgehead atoms. The molecular weight excluding hydrogens is 324 g/mol. The molecule has 1 aliphatic rings. The third kappa shape index (κ3) is 3.60. The minimum Gasteiger partial charge on any atom is -0.466 e. The van der Waals surface area contributed by atoms with Gasteiger partial charge >= 0.3 is 12.1 Å². The van der Waals surface area contributed by atoms with Crippen LogP contribution in [0.3, 0.4) is 0 Å². The van der Waals surface area contributed by atoms with Gasteiger partial charge in [-0.15, -0.1) is 0 Å². The molecule has 0 aliphatic carbocycles. The van der Waals surface area contributed by atoms with Crippen LogP contribution in [0.4, 0.5) is 4.79 Å². The van der Waals surface area contributed by atoms with E-state index in [9.17, 15) is 9.59 Å². The van der Waals surface area contributed by atoms with Crippen molar-refractivity contribution in [3.63, 3.8) is 0 Å². The Bertz CT molecular complexity index is 819. The molecule has 1 aliphatic heterocycles. The second-order valence-electron chi connectivity index (χ2n) is 7.03. The van der Waals surface area contributed by atoms with Crippen molar-refractivity contribution in [3.8, 4) is 0 Å². The van der Waals surface area contributed by atoms with E-state index >= 15 is 0 Å². The highest BCUT2D eigenvalue weighted by Gasteiger charge is 2.30. The first-order valence-corrected chi connectivity index (χ1v) is 8.31. The molecule has 3 rings (SSSR count). The van der Waals surface area contributed by atoms with Crippen molar-refractivity contribution in [2.45, 2.75) is 52.8 Å². The molecule has 0 fully saturated rings. The van der Waals surface area contributed by atoms with Crippen LogP contribution in [0.2, 0.25) is 0 Å². The largest absolute Gasteiger partial charge is 0.466 e. The van der Waals surface area contributed by atoms with Gasteiger partial charge in [0.2, 0.25) is 0 Å². The van der Waals surface area contributed by atoms with Gasteiger partial charge in [-0.3, -0.25) is 9.69 Å². The number of hydrogen-bond acceptors (Lipinski definition) is 6. The van der Waals surface area contributed by atoms with Gasteiger partial charge in [0.1, 0.15) is 11.3 Å². The normalized spacial score (nSPS) is 13.8. The number of carbonyl (C=O) groups excluding carboxylic acids is 2. The number of fused-ring (bicyclic) bond motifs is 3. The zero-order chi connectivity index (χ0) is 18.2. The van der Waals surface area contributed by atoms with Gasteiger partial charge in [0, 0.05) is 17.5 Å². The molecule has 0 unspecified atom stereocenters. The summed E-state index contributed by atoms with van der Waals surface area (Å²) in [6.07, 6.45) is -0.293. The van der Waals surface area contributed by atoms with Gasteiger partial charge in [0.15, 0.2) is 5.58 Å². The molecule has 25 heavy (non-hydrogen) atoms. The van der Waals surface area contributed by atoms with E-state index in [1.807, 2.05) is 32.9 Å². The molecule has 7 nitrogen and oxygen atoms in total. The maximum absolute atomic E-state index is 12.3. The predicted octanol–water partition coefficient (Wildman–Crippen LogP) is 3.18. The van der Waals surface area contributed by atoms with Crippen LogP contribution >= 0.6 is 0 Å². The Kier molecular flexibility index (Phi) is 4.41. The van der Waals surface area contributed by atoms with E-state index in [4.69, 9.17) is 14.0 Å². The number of benzene rings is 1. The average Bonchev–Trinajstić information content (AvgIpc) is 3.09. The van der Waals surface area contributed by atoms with Crippen LogP contribution in [0.25, 0.3) is 11.0 Å². The lowest BCUT2D eigenvalue weighted by atomic mass is 10.1. The molecular formula is C18H22N2O5. The minimum absolute atomic E-state index is 0.0649. The second kappa shape index (κ2) is 6.38. The molecule has 1 amide bonds. The molecule has 0 atom stereocenters. The second-order valence-corrected chi connectivity index (χ2v) is 7.03. The monoisotopic (exact) mass is 346 g/mol. The summed E-state index contributed by atoms with van der Waals surface area (Å²) in [5.41, 5.74) is 2.53. The van der Waals surface area contributed by atoms with Crippen LogP contribution in [0, 0.1) is 0 Å². The fourth-order valence-electron chi connectivity index (χ4n) is 2.86. The van der Waals surface area contributed by atoms with Crippen LogP contribution in [0.1, 0.15) is 44.5 Å². The average molecular weight is 346 g/mol. The van der Waals surface area contributed by atoms with Gasteiger partial charge in [-0.2, -0.15) is 0 Å². The smallest absolute Gasteiger partial charge is 0.410 e. The van der Waals surface area contributed by atoms with E-state index < -0.39 is 5.60 Å². The number of hydrogen-bond donors (Lipinski definition) is 0. The zero-order valence-corrected chi connectivity index (χ0v) is 14.9. The van der Waals surface area contributed by atoms with Crippen LogP contribution in [0.15, 0.2) is 16.7 Å². The predicted molar refractivity (Wildman–Crippen MR) is 89.8 cm³/mol. The SMILES string of the molecule is CCOC(=O)Cc1noc2c3c(ccc12)CN(C(=O)OC(C)(C)C)C3. The number of rotatable bonds is 3. The number of nitrogens with zero attached hydrogens (tertiary/aromatic N) is 2. The lowest BCUT2D eigenvalue weighted by Gasteiger charge is -2.24. The van der Waals surface area contributed by atoms with E-state index in [1.165, 1.54) is 0 Å². The molecule has 1 aromatic heterocycles. The standard InChI is InChI=1S/C18H22N2O5/c1-5-23-15(21)8-14-12-7-6-11-9-20(17(22)24-18(2,3)4)10-13(11)16(12)25-19-14/h6-7H,5,8-10H2,1-4H3. The van der Waals surface area contributed by atoms with Gasteiger partial charge < -0.3 is 14.0 Å². The Hall–Kier alpha value is -2.57. The summed E-state index contributed by atoms with van der Waals surface area (Å²) in [4.78, 5) is 25.6. The quantitative estimate of drug-likeness (QED) is 0.794. The summed E-state index contributed by atoms with van der Waals surface area (Å²) in [7, 11) is 0. The van der Waals surface area contributed by atoms with Crippen LogP contribution in [0.5, 0.6) is 0 Å². The van der Waals surface area contributed by atoms with Crippen molar-refractivity contribution in [1.29, 1.82) is 0 Å². The Morgan fingerprint density at radius 3 is 2.72 bits per heavy atom. The zero-order valence-electron chi connectivity index (χ0n) is 14.9. The number of carbonyl (C=O) groups is 2. The molecule has 1 aromatic carbocycles. The van der Waals surface area contributed by atoms with Gasteiger partial charge in [0.05, 0.1) is 19.6 Å². The van der Waals surface area contributed by atoms with E-state index in [0.29, 0.717) is 31.0 Å². The van der Waals surface area contributed by atoms with E-state index in [0.717, 1.165) is 16.5 Å². The Morgan fingerprint density at radius 2 is 2.04 bits per heavy atom. The Morgan fingerprint density at radius 1 is 1.28 bits per heavy atom. The first-order chi connectivity index (χ1) is 11.8. The first kappa shape index (κ1) is 17.3. The number of aromatic nitrogens is 1. The van der Waals surface area contributed by atoms with Crippen molar-refractivity contribution in [2.75, 3.05) is 6.61 Å². The van der Waals surface area contributed by atoms with Crippen molar-refractivity contribution in [1.82, 2.24) is 10.1 Å². The molecule has 2 aromatic rings. The molecule has 134 valence electrons. The number of esters is 1. The van der Waals surface area contributed by atoms with Crippen molar-refractivity contribution in [3.05, 3.63) is 29.0 Å². The summed E-state index contributed by atoms with van der Waals surface area (Å²) < 4.78 is 15.9. The summed E-state index contributed by atoms with van der Waals surface area (Å²) in [5, 5.41) is 4.79. The topological polar surface area (TPSA) is 81.9 Å². The van der Waals surface area contributed by atoms with E-state index in [2.05, 4.69) is 5.16 Å². The van der Waals surface area contributed by atoms with Crippen molar-refractivity contribution in [2.24, 2.45) is 0 Å². The summed E-state index contributed by atoms with van der Waals surface area (Å²) in [6, 6.07) is 3.81. The lowest BCUT2D eigenvalue weighted by Crippen LogP contribution is -2.33. The fraction of sp³-hybridized carbons (Fsp3) is 0.500. The van der Waals surface area contributed by atoms with Crippen LogP contribution in [-0.2, 0) is 33.8 Å². The Labute approximate surface area is 145 Å².